The molecule has 18 heavy (non-hydrogen) atoms. The Morgan fingerprint density at radius 1 is 1.06 bits per heavy atom. The Hall–Kier alpha value is -0.550. The molecule has 1 aromatic heterocycles. The van der Waals surface area contributed by atoms with Crippen LogP contribution in [0.15, 0.2) is 5.16 Å². The first-order valence-corrected chi connectivity index (χ1v) is 7.99. The number of fused-ring (bicyclic) bond motifs is 1. The normalized spacial score (nSPS) is 28.7. The summed E-state index contributed by atoms with van der Waals surface area (Å²) in [5.41, 5.74) is 0. The highest BCUT2D eigenvalue weighted by atomic mass is 32.2. The Kier molecular flexibility index (Phi) is 3.89. The minimum Gasteiger partial charge on any atom is -0.392 e. The van der Waals surface area contributed by atoms with Crippen LogP contribution in [0.5, 0.6) is 0 Å². The average molecular weight is 267 g/mol. The zero-order valence-corrected chi connectivity index (χ0v) is 11.5. The lowest BCUT2D eigenvalue weighted by Gasteiger charge is -2.26. The molecule has 0 radical (unpaired) electrons. The van der Waals surface area contributed by atoms with E-state index < -0.39 is 0 Å². The topological polar surface area (TPSA) is 50.9 Å². The van der Waals surface area contributed by atoms with Crippen molar-refractivity contribution in [2.24, 2.45) is 0 Å². The minimum absolute atomic E-state index is 0.164. The molecule has 1 aliphatic heterocycles. The molecule has 1 N–H and O–H groups in total. The second kappa shape index (κ2) is 5.61. The highest BCUT2D eigenvalue weighted by molar-refractivity contribution is 7.99. The van der Waals surface area contributed by atoms with Crippen LogP contribution in [0.2, 0.25) is 0 Å². The molecule has 1 saturated carbocycles. The van der Waals surface area contributed by atoms with Crippen molar-refractivity contribution in [3.63, 3.8) is 0 Å². The summed E-state index contributed by atoms with van der Waals surface area (Å²) in [4.78, 5) is 0. The summed E-state index contributed by atoms with van der Waals surface area (Å²) in [6.45, 7) is 1.05. The Labute approximate surface area is 112 Å². The van der Waals surface area contributed by atoms with Gasteiger partial charge >= 0.3 is 0 Å². The van der Waals surface area contributed by atoms with Crippen molar-refractivity contribution in [3.8, 4) is 0 Å². The molecule has 0 spiro atoms. The molecule has 2 heterocycles. The summed E-state index contributed by atoms with van der Waals surface area (Å²) in [6.07, 6.45) is 9.09. The SMILES string of the molecule is OC1CCCCC1Sc1nnc2n1CCCCC2. The van der Waals surface area contributed by atoms with Crippen LogP contribution in [0.3, 0.4) is 0 Å². The number of hydrogen-bond acceptors (Lipinski definition) is 4. The molecular formula is C13H21N3OS. The fourth-order valence-electron chi connectivity index (χ4n) is 2.90. The molecule has 0 aromatic carbocycles. The molecule has 5 heteroatoms. The first kappa shape index (κ1) is 12.5. The van der Waals surface area contributed by atoms with Crippen molar-refractivity contribution < 1.29 is 5.11 Å². The standard InChI is InChI=1S/C13H21N3OS/c17-10-6-3-4-7-11(10)18-13-15-14-12-8-2-1-5-9-16(12)13/h10-11,17H,1-9H2. The van der Waals surface area contributed by atoms with Gasteiger partial charge in [-0.25, -0.2) is 0 Å². The van der Waals surface area contributed by atoms with E-state index in [0.29, 0.717) is 5.25 Å². The lowest BCUT2D eigenvalue weighted by atomic mass is 9.97. The summed E-state index contributed by atoms with van der Waals surface area (Å²) in [5.74, 6) is 1.14. The predicted octanol–water partition coefficient (Wildman–Crippen LogP) is 2.40. The number of aliphatic hydroxyl groups is 1. The van der Waals surface area contributed by atoms with E-state index >= 15 is 0 Å². The second-order valence-corrected chi connectivity index (χ2v) is 6.58. The first-order valence-electron chi connectivity index (χ1n) is 7.11. The Bertz CT molecular complexity index is 407. The van der Waals surface area contributed by atoms with Crippen LogP contribution in [0, 0.1) is 0 Å². The van der Waals surface area contributed by atoms with Gasteiger partial charge < -0.3 is 9.67 Å². The number of thioether (sulfide) groups is 1. The van der Waals surface area contributed by atoms with Crippen LogP contribution < -0.4 is 0 Å². The highest BCUT2D eigenvalue weighted by Crippen LogP contribution is 2.34. The Morgan fingerprint density at radius 2 is 1.94 bits per heavy atom. The quantitative estimate of drug-likeness (QED) is 0.894. The van der Waals surface area contributed by atoms with Crippen LogP contribution in [0.4, 0.5) is 0 Å². The molecule has 4 nitrogen and oxygen atoms in total. The summed E-state index contributed by atoms with van der Waals surface area (Å²) in [6, 6.07) is 0. The molecule has 2 atom stereocenters. The van der Waals surface area contributed by atoms with E-state index in [2.05, 4.69) is 14.8 Å². The molecule has 2 aliphatic rings. The number of nitrogens with zero attached hydrogens (tertiary/aromatic N) is 3. The smallest absolute Gasteiger partial charge is 0.191 e. The average Bonchev–Trinajstić information content (AvgIpc) is 2.62. The van der Waals surface area contributed by atoms with Crippen molar-refractivity contribution in [3.05, 3.63) is 5.82 Å². The number of aryl methyl sites for hydroxylation is 1. The van der Waals surface area contributed by atoms with Gasteiger partial charge in [-0.1, -0.05) is 31.0 Å². The molecule has 0 saturated heterocycles. The molecule has 1 aliphatic carbocycles. The molecule has 3 rings (SSSR count). The van der Waals surface area contributed by atoms with Gasteiger partial charge in [0, 0.05) is 18.2 Å². The number of aromatic nitrogens is 3. The summed E-state index contributed by atoms with van der Waals surface area (Å²) >= 11 is 1.74. The monoisotopic (exact) mass is 267 g/mol. The molecule has 1 fully saturated rings. The van der Waals surface area contributed by atoms with Gasteiger partial charge in [-0.3, -0.25) is 0 Å². The van der Waals surface area contributed by atoms with Crippen LogP contribution in [0.1, 0.15) is 50.8 Å². The number of rotatable bonds is 2. The van der Waals surface area contributed by atoms with Gasteiger partial charge in [0.1, 0.15) is 5.82 Å². The van der Waals surface area contributed by atoms with E-state index in [1.54, 1.807) is 11.8 Å². The van der Waals surface area contributed by atoms with Crippen LogP contribution >= 0.6 is 11.8 Å². The van der Waals surface area contributed by atoms with Gasteiger partial charge in [-0.15, -0.1) is 10.2 Å². The molecule has 100 valence electrons. The van der Waals surface area contributed by atoms with Gasteiger partial charge in [-0.2, -0.15) is 0 Å². The predicted molar refractivity (Wildman–Crippen MR) is 71.7 cm³/mol. The van der Waals surface area contributed by atoms with Gasteiger partial charge in [0.2, 0.25) is 0 Å². The lowest BCUT2D eigenvalue weighted by Crippen LogP contribution is -2.27. The van der Waals surface area contributed by atoms with Crippen LogP contribution in [0.25, 0.3) is 0 Å². The minimum atomic E-state index is -0.164. The summed E-state index contributed by atoms with van der Waals surface area (Å²) in [7, 11) is 0. The maximum absolute atomic E-state index is 10.0. The fourth-order valence-corrected chi connectivity index (χ4v) is 4.16. The van der Waals surface area contributed by atoms with Gasteiger partial charge in [0.15, 0.2) is 5.16 Å². The Balaban J connectivity index is 1.74. The van der Waals surface area contributed by atoms with E-state index in [4.69, 9.17) is 0 Å². The zero-order chi connectivity index (χ0) is 12.4. The summed E-state index contributed by atoms with van der Waals surface area (Å²) < 4.78 is 2.28. The second-order valence-electron chi connectivity index (χ2n) is 5.37. The fraction of sp³-hybridized carbons (Fsp3) is 0.846. The number of aliphatic hydroxyl groups excluding tert-OH is 1. The van der Waals surface area contributed by atoms with Crippen molar-refractivity contribution in [2.45, 2.75) is 74.4 Å². The van der Waals surface area contributed by atoms with Crippen molar-refractivity contribution >= 4 is 11.8 Å². The van der Waals surface area contributed by atoms with Crippen LogP contribution in [-0.2, 0) is 13.0 Å². The van der Waals surface area contributed by atoms with Gasteiger partial charge in [-0.05, 0) is 25.7 Å². The largest absolute Gasteiger partial charge is 0.392 e. The Morgan fingerprint density at radius 3 is 2.83 bits per heavy atom. The van der Waals surface area contributed by atoms with Crippen molar-refractivity contribution in [1.29, 1.82) is 0 Å². The third-order valence-corrected chi connectivity index (χ3v) is 5.37. The van der Waals surface area contributed by atoms with Crippen LogP contribution in [-0.4, -0.2) is 31.2 Å². The molecular weight excluding hydrogens is 246 g/mol. The van der Waals surface area contributed by atoms with E-state index in [-0.39, 0.29) is 6.10 Å². The van der Waals surface area contributed by atoms with Crippen molar-refractivity contribution in [1.82, 2.24) is 14.8 Å². The molecule has 0 bridgehead atoms. The number of hydrogen-bond donors (Lipinski definition) is 1. The van der Waals surface area contributed by atoms with E-state index in [1.165, 1.54) is 25.7 Å². The third kappa shape index (κ3) is 2.57. The third-order valence-electron chi connectivity index (χ3n) is 4.00. The summed E-state index contributed by atoms with van der Waals surface area (Å²) in [5, 5.41) is 20.0. The molecule has 2 unspecified atom stereocenters. The molecule has 0 amide bonds. The van der Waals surface area contributed by atoms with Gasteiger partial charge in [0.25, 0.3) is 0 Å². The van der Waals surface area contributed by atoms with Crippen molar-refractivity contribution in [2.75, 3.05) is 0 Å². The molecule has 1 aromatic rings. The first-order chi connectivity index (χ1) is 8.84. The highest BCUT2D eigenvalue weighted by Gasteiger charge is 2.26. The van der Waals surface area contributed by atoms with E-state index in [0.717, 1.165) is 43.2 Å². The van der Waals surface area contributed by atoms with E-state index in [1.807, 2.05) is 0 Å². The zero-order valence-electron chi connectivity index (χ0n) is 10.7. The lowest BCUT2D eigenvalue weighted by molar-refractivity contribution is 0.136. The maximum atomic E-state index is 10.0. The maximum Gasteiger partial charge on any atom is 0.191 e. The van der Waals surface area contributed by atoms with E-state index in [9.17, 15) is 5.11 Å². The van der Waals surface area contributed by atoms with Gasteiger partial charge in [0.05, 0.1) is 6.10 Å².